The molecule has 0 saturated carbocycles. The Hall–Kier alpha value is -2.07. The Bertz CT molecular complexity index is 870. The standard InChI is InChI=1S/C22H26FN3O3.HI/c1-24-21(25-13-16-2-7-19-20(12-16)29-15-28-19)26-14-22(8-10-27-11-9-22)17-3-5-18(23)6-4-17;/h2-7,12H,8-11,13-15H2,1H3,(H2,24,25,26);1H. The summed E-state index contributed by atoms with van der Waals surface area (Å²) in [5.41, 5.74) is 2.10. The Morgan fingerprint density at radius 2 is 1.77 bits per heavy atom. The zero-order valence-electron chi connectivity index (χ0n) is 16.9. The van der Waals surface area contributed by atoms with E-state index in [9.17, 15) is 4.39 Å². The minimum atomic E-state index is -0.217. The van der Waals surface area contributed by atoms with Crippen LogP contribution in [0.2, 0.25) is 0 Å². The number of nitrogens with zero attached hydrogens (tertiary/aromatic N) is 1. The van der Waals surface area contributed by atoms with Gasteiger partial charge in [0.25, 0.3) is 0 Å². The molecular formula is C22H27FIN3O3. The van der Waals surface area contributed by atoms with Gasteiger partial charge in [0.15, 0.2) is 17.5 Å². The first-order valence-electron chi connectivity index (χ1n) is 9.85. The van der Waals surface area contributed by atoms with Crippen LogP contribution in [0.5, 0.6) is 11.5 Å². The number of rotatable bonds is 5. The van der Waals surface area contributed by atoms with Gasteiger partial charge in [-0.2, -0.15) is 0 Å². The van der Waals surface area contributed by atoms with Crippen LogP contribution in [0, 0.1) is 5.82 Å². The van der Waals surface area contributed by atoms with E-state index in [0.29, 0.717) is 26.3 Å². The van der Waals surface area contributed by atoms with Crippen molar-refractivity contribution in [3.05, 3.63) is 59.4 Å². The number of aliphatic imine (C=N–C) groups is 1. The molecule has 6 nitrogen and oxygen atoms in total. The molecule has 2 aromatic carbocycles. The van der Waals surface area contributed by atoms with E-state index >= 15 is 0 Å². The molecule has 4 rings (SSSR count). The van der Waals surface area contributed by atoms with Gasteiger partial charge < -0.3 is 24.8 Å². The second-order valence-corrected chi connectivity index (χ2v) is 7.37. The summed E-state index contributed by atoms with van der Waals surface area (Å²) in [5, 5.41) is 6.79. The summed E-state index contributed by atoms with van der Waals surface area (Å²) in [6, 6.07) is 12.7. The highest BCUT2D eigenvalue weighted by atomic mass is 127. The van der Waals surface area contributed by atoms with Gasteiger partial charge in [-0.1, -0.05) is 18.2 Å². The summed E-state index contributed by atoms with van der Waals surface area (Å²) >= 11 is 0. The fraction of sp³-hybridized carbons (Fsp3) is 0.409. The zero-order valence-corrected chi connectivity index (χ0v) is 19.3. The smallest absolute Gasteiger partial charge is 0.231 e. The van der Waals surface area contributed by atoms with Gasteiger partial charge in [0, 0.05) is 38.8 Å². The van der Waals surface area contributed by atoms with Crippen LogP contribution in [0.3, 0.4) is 0 Å². The van der Waals surface area contributed by atoms with Crippen molar-refractivity contribution >= 4 is 29.9 Å². The fourth-order valence-electron chi connectivity index (χ4n) is 3.84. The first-order chi connectivity index (χ1) is 14.2. The number of benzene rings is 2. The third kappa shape index (κ3) is 5.15. The monoisotopic (exact) mass is 527 g/mol. The number of nitrogens with one attached hydrogen (secondary N) is 2. The molecule has 0 unspecified atom stereocenters. The fourth-order valence-corrected chi connectivity index (χ4v) is 3.84. The van der Waals surface area contributed by atoms with E-state index in [-0.39, 0.29) is 42.0 Å². The Morgan fingerprint density at radius 1 is 1.03 bits per heavy atom. The van der Waals surface area contributed by atoms with Gasteiger partial charge in [0.2, 0.25) is 6.79 Å². The quantitative estimate of drug-likeness (QED) is 0.354. The number of hydrogen-bond donors (Lipinski definition) is 2. The Kier molecular flexibility index (Phi) is 7.76. The first-order valence-corrected chi connectivity index (χ1v) is 9.85. The predicted molar refractivity (Wildman–Crippen MR) is 124 cm³/mol. The van der Waals surface area contributed by atoms with Crippen LogP contribution in [0.15, 0.2) is 47.5 Å². The van der Waals surface area contributed by atoms with Crippen LogP contribution in [-0.4, -0.2) is 39.6 Å². The second-order valence-electron chi connectivity index (χ2n) is 7.37. The summed E-state index contributed by atoms with van der Waals surface area (Å²) in [6.07, 6.45) is 1.76. The normalized spacial score (nSPS) is 17.2. The molecule has 0 aliphatic carbocycles. The molecule has 2 aliphatic heterocycles. The number of guanidine groups is 1. The van der Waals surface area contributed by atoms with E-state index in [2.05, 4.69) is 15.6 Å². The third-order valence-corrected chi connectivity index (χ3v) is 5.62. The van der Waals surface area contributed by atoms with E-state index < -0.39 is 0 Å². The Balaban J connectivity index is 0.00000256. The topological polar surface area (TPSA) is 64.1 Å². The molecule has 2 heterocycles. The number of ether oxygens (including phenoxy) is 3. The van der Waals surface area contributed by atoms with Crippen molar-refractivity contribution in [1.29, 1.82) is 0 Å². The lowest BCUT2D eigenvalue weighted by molar-refractivity contribution is 0.0513. The van der Waals surface area contributed by atoms with Crippen LogP contribution in [0.25, 0.3) is 0 Å². The molecular weight excluding hydrogens is 500 g/mol. The lowest BCUT2D eigenvalue weighted by Gasteiger charge is -2.38. The molecule has 1 saturated heterocycles. The van der Waals surface area contributed by atoms with Gasteiger partial charge in [-0.05, 0) is 48.2 Å². The third-order valence-electron chi connectivity index (χ3n) is 5.62. The molecule has 0 aromatic heterocycles. The Morgan fingerprint density at radius 3 is 2.50 bits per heavy atom. The molecule has 162 valence electrons. The lowest BCUT2D eigenvalue weighted by atomic mass is 9.74. The molecule has 2 N–H and O–H groups in total. The van der Waals surface area contributed by atoms with E-state index in [1.54, 1.807) is 7.05 Å². The molecule has 0 spiro atoms. The largest absolute Gasteiger partial charge is 0.454 e. The summed E-state index contributed by atoms with van der Waals surface area (Å²) in [4.78, 5) is 4.35. The molecule has 0 atom stereocenters. The second kappa shape index (κ2) is 10.3. The van der Waals surface area contributed by atoms with Crippen LogP contribution in [0.4, 0.5) is 4.39 Å². The highest BCUT2D eigenvalue weighted by Gasteiger charge is 2.34. The van der Waals surface area contributed by atoms with E-state index in [0.717, 1.165) is 41.4 Å². The van der Waals surface area contributed by atoms with Crippen LogP contribution >= 0.6 is 24.0 Å². The molecule has 30 heavy (non-hydrogen) atoms. The van der Waals surface area contributed by atoms with E-state index in [1.165, 1.54) is 12.1 Å². The zero-order chi connectivity index (χ0) is 20.1. The molecule has 8 heteroatoms. The average Bonchev–Trinajstić information content (AvgIpc) is 3.23. The van der Waals surface area contributed by atoms with Crippen LogP contribution < -0.4 is 20.1 Å². The van der Waals surface area contributed by atoms with Gasteiger partial charge in [-0.3, -0.25) is 4.99 Å². The van der Waals surface area contributed by atoms with Crippen molar-refractivity contribution in [2.24, 2.45) is 4.99 Å². The van der Waals surface area contributed by atoms with Crippen LogP contribution in [-0.2, 0) is 16.7 Å². The molecule has 0 amide bonds. The number of halogens is 2. The number of fused-ring (bicyclic) bond motifs is 1. The van der Waals surface area contributed by atoms with Gasteiger partial charge in [0.1, 0.15) is 5.82 Å². The Labute approximate surface area is 193 Å². The molecule has 0 bridgehead atoms. The minimum Gasteiger partial charge on any atom is -0.454 e. The summed E-state index contributed by atoms with van der Waals surface area (Å²) in [5.74, 6) is 2.04. The lowest BCUT2D eigenvalue weighted by Crippen LogP contribution is -2.47. The van der Waals surface area contributed by atoms with Crippen LogP contribution in [0.1, 0.15) is 24.0 Å². The van der Waals surface area contributed by atoms with Crippen molar-refractivity contribution in [2.75, 3.05) is 33.6 Å². The van der Waals surface area contributed by atoms with Crippen molar-refractivity contribution in [3.8, 4) is 11.5 Å². The maximum Gasteiger partial charge on any atom is 0.231 e. The van der Waals surface area contributed by atoms with Gasteiger partial charge in [-0.15, -0.1) is 24.0 Å². The summed E-state index contributed by atoms with van der Waals surface area (Å²) in [7, 11) is 1.75. The van der Waals surface area contributed by atoms with Gasteiger partial charge in [-0.25, -0.2) is 4.39 Å². The highest BCUT2D eigenvalue weighted by molar-refractivity contribution is 14.0. The number of hydrogen-bond acceptors (Lipinski definition) is 4. The maximum atomic E-state index is 13.4. The van der Waals surface area contributed by atoms with Gasteiger partial charge in [0.05, 0.1) is 0 Å². The average molecular weight is 527 g/mol. The van der Waals surface area contributed by atoms with Crippen molar-refractivity contribution in [2.45, 2.75) is 24.8 Å². The molecule has 2 aliphatic rings. The highest BCUT2D eigenvalue weighted by Crippen LogP contribution is 2.34. The molecule has 0 radical (unpaired) electrons. The molecule has 2 aromatic rings. The molecule has 1 fully saturated rings. The summed E-state index contributed by atoms with van der Waals surface area (Å²) < 4.78 is 29.8. The SMILES string of the molecule is CN=C(NCc1ccc2c(c1)OCO2)NCC1(c2ccc(F)cc2)CCOCC1.I. The van der Waals surface area contributed by atoms with E-state index in [4.69, 9.17) is 14.2 Å². The summed E-state index contributed by atoms with van der Waals surface area (Å²) in [6.45, 7) is 2.97. The van der Waals surface area contributed by atoms with Crippen molar-refractivity contribution in [1.82, 2.24) is 10.6 Å². The maximum absolute atomic E-state index is 13.4. The first kappa shape index (κ1) is 22.6. The minimum absolute atomic E-state index is 0. The predicted octanol–water partition coefficient (Wildman–Crippen LogP) is 3.59. The van der Waals surface area contributed by atoms with Gasteiger partial charge >= 0.3 is 0 Å². The van der Waals surface area contributed by atoms with E-state index in [1.807, 2.05) is 30.3 Å². The van der Waals surface area contributed by atoms with Crippen molar-refractivity contribution in [3.63, 3.8) is 0 Å². The van der Waals surface area contributed by atoms with Crippen molar-refractivity contribution < 1.29 is 18.6 Å².